The number of aryl methyl sites for hydroxylation is 1. The Morgan fingerprint density at radius 3 is 2.56 bits per heavy atom. The van der Waals surface area contributed by atoms with Crippen LogP contribution in [-0.2, 0) is 13.0 Å². The predicted molar refractivity (Wildman–Crippen MR) is 115 cm³/mol. The van der Waals surface area contributed by atoms with Gasteiger partial charge in [0.05, 0.1) is 0 Å². The molecule has 0 radical (unpaired) electrons. The molecule has 0 aromatic heterocycles. The SMILES string of the molecule is Cc1ccc2c(c1)CN(C1CCNCC1)C(Cc1ccc(Cl)cc1)CN2C. The Bertz CT molecular complexity index is 768. The van der Waals surface area contributed by atoms with Crippen LogP contribution in [0.4, 0.5) is 5.69 Å². The molecule has 2 aromatic rings. The third-order valence-electron chi connectivity index (χ3n) is 6.12. The van der Waals surface area contributed by atoms with Gasteiger partial charge in [0.25, 0.3) is 0 Å². The minimum absolute atomic E-state index is 0.506. The van der Waals surface area contributed by atoms with Gasteiger partial charge in [-0.25, -0.2) is 0 Å². The van der Waals surface area contributed by atoms with Crippen molar-refractivity contribution in [2.24, 2.45) is 0 Å². The molecular weight excluding hydrogens is 354 g/mol. The molecule has 144 valence electrons. The molecule has 1 fully saturated rings. The molecule has 1 unspecified atom stereocenters. The summed E-state index contributed by atoms with van der Waals surface area (Å²) in [7, 11) is 2.24. The van der Waals surface area contributed by atoms with E-state index < -0.39 is 0 Å². The van der Waals surface area contributed by atoms with Crippen molar-refractivity contribution in [1.82, 2.24) is 10.2 Å². The van der Waals surface area contributed by atoms with Crippen LogP contribution in [0.3, 0.4) is 0 Å². The van der Waals surface area contributed by atoms with Gasteiger partial charge in [0.15, 0.2) is 0 Å². The molecule has 1 saturated heterocycles. The van der Waals surface area contributed by atoms with Gasteiger partial charge in [0.2, 0.25) is 0 Å². The van der Waals surface area contributed by atoms with Gasteiger partial charge >= 0.3 is 0 Å². The van der Waals surface area contributed by atoms with Crippen molar-refractivity contribution in [1.29, 1.82) is 0 Å². The van der Waals surface area contributed by atoms with E-state index in [-0.39, 0.29) is 0 Å². The second kappa shape index (κ2) is 8.22. The third kappa shape index (κ3) is 4.31. The van der Waals surface area contributed by atoms with Crippen molar-refractivity contribution in [3.8, 4) is 0 Å². The smallest absolute Gasteiger partial charge is 0.0410 e. The molecule has 0 aliphatic carbocycles. The first kappa shape index (κ1) is 18.8. The van der Waals surface area contributed by atoms with Gasteiger partial charge in [-0.05, 0) is 68.6 Å². The molecule has 2 heterocycles. The number of hydrogen-bond donors (Lipinski definition) is 1. The largest absolute Gasteiger partial charge is 0.373 e. The highest BCUT2D eigenvalue weighted by Gasteiger charge is 2.32. The van der Waals surface area contributed by atoms with Gasteiger partial charge in [-0.2, -0.15) is 0 Å². The Morgan fingerprint density at radius 2 is 1.81 bits per heavy atom. The van der Waals surface area contributed by atoms with Crippen LogP contribution in [-0.4, -0.2) is 43.7 Å². The maximum atomic E-state index is 6.10. The van der Waals surface area contributed by atoms with Crippen LogP contribution >= 0.6 is 11.6 Å². The third-order valence-corrected chi connectivity index (χ3v) is 6.37. The summed E-state index contributed by atoms with van der Waals surface area (Å²) < 4.78 is 0. The van der Waals surface area contributed by atoms with Crippen molar-refractivity contribution in [2.45, 2.75) is 44.8 Å². The molecule has 2 aliphatic rings. The Balaban J connectivity index is 1.65. The van der Waals surface area contributed by atoms with Crippen molar-refractivity contribution in [3.63, 3.8) is 0 Å². The van der Waals surface area contributed by atoms with E-state index in [1.165, 1.54) is 35.2 Å². The molecule has 4 heteroatoms. The highest BCUT2D eigenvalue weighted by atomic mass is 35.5. The Kier molecular flexibility index (Phi) is 5.72. The van der Waals surface area contributed by atoms with Crippen LogP contribution in [0.1, 0.15) is 29.5 Å². The highest BCUT2D eigenvalue weighted by molar-refractivity contribution is 6.30. The molecule has 3 nitrogen and oxygen atoms in total. The maximum absolute atomic E-state index is 6.10. The standard InChI is InChI=1S/C23H30ClN3/c1-17-3-8-23-19(13-17)15-27(21-9-11-25-12-10-21)22(16-26(23)2)14-18-4-6-20(24)7-5-18/h3-8,13,21-22,25H,9-12,14-16H2,1-2H3. The van der Waals surface area contributed by atoms with E-state index in [2.05, 4.69) is 59.4 Å². The van der Waals surface area contributed by atoms with Crippen molar-refractivity contribution < 1.29 is 0 Å². The van der Waals surface area contributed by atoms with Gasteiger partial charge in [-0.1, -0.05) is 41.4 Å². The molecule has 2 aromatic carbocycles. The fraction of sp³-hybridized carbons (Fsp3) is 0.478. The Labute approximate surface area is 168 Å². The van der Waals surface area contributed by atoms with Gasteiger partial charge in [-0.15, -0.1) is 0 Å². The molecule has 0 spiro atoms. The monoisotopic (exact) mass is 383 g/mol. The summed E-state index contributed by atoms with van der Waals surface area (Å²) >= 11 is 6.10. The summed E-state index contributed by atoms with van der Waals surface area (Å²) in [6.45, 7) is 6.56. The number of hydrogen-bond acceptors (Lipinski definition) is 3. The fourth-order valence-corrected chi connectivity index (χ4v) is 4.82. The summed E-state index contributed by atoms with van der Waals surface area (Å²) in [5.41, 5.74) is 5.58. The van der Waals surface area contributed by atoms with Gasteiger partial charge in [0.1, 0.15) is 0 Å². The van der Waals surface area contributed by atoms with E-state index in [9.17, 15) is 0 Å². The van der Waals surface area contributed by atoms with E-state index in [1.807, 2.05) is 12.1 Å². The number of halogens is 1. The molecule has 2 aliphatic heterocycles. The van der Waals surface area contributed by atoms with Gasteiger partial charge < -0.3 is 10.2 Å². The van der Waals surface area contributed by atoms with Crippen LogP contribution in [0.2, 0.25) is 5.02 Å². The lowest BCUT2D eigenvalue weighted by atomic mass is 9.98. The summed E-state index contributed by atoms with van der Waals surface area (Å²) in [6, 6.07) is 16.5. The molecule has 0 bridgehead atoms. The minimum atomic E-state index is 0.506. The van der Waals surface area contributed by atoms with E-state index >= 15 is 0 Å². The average Bonchev–Trinajstić information content (AvgIpc) is 2.80. The molecular formula is C23H30ClN3. The van der Waals surface area contributed by atoms with Crippen LogP contribution in [0.15, 0.2) is 42.5 Å². The predicted octanol–water partition coefficient (Wildman–Crippen LogP) is 4.26. The zero-order valence-corrected chi connectivity index (χ0v) is 17.2. The first-order valence-corrected chi connectivity index (χ1v) is 10.5. The van der Waals surface area contributed by atoms with E-state index in [4.69, 9.17) is 11.6 Å². The number of rotatable bonds is 3. The van der Waals surface area contributed by atoms with Crippen LogP contribution in [0.25, 0.3) is 0 Å². The second-order valence-electron chi connectivity index (χ2n) is 8.15. The first-order valence-electron chi connectivity index (χ1n) is 10.1. The zero-order valence-electron chi connectivity index (χ0n) is 16.4. The number of anilines is 1. The normalized spacial score (nSPS) is 21.7. The zero-order chi connectivity index (χ0) is 18.8. The highest BCUT2D eigenvalue weighted by Crippen LogP contribution is 2.31. The van der Waals surface area contributed by atoms with E-state index in [1.54, 1.807) is 0 Å². The van der Waals surface area contributed by atoms with Crippen molar-refractivity contribution >= 4 is 17.3 Å². The topological polar surface area (TPSA) is 18.5 Å². The minimum Gasteiger partial charge on any atom is -0.373 e. The number of benzene rings is 2. The summed E-state index contributed by atoms with van der Waals surface area (Å²) in [5.74, 6) is 0. The lowest BCUT2D eigenvalue weighted by Crippen LogP contribution is -2.50. The van der Waals surface area contributed by atoms with Crippen LogP contribution in [0, 0.1) is 6.92 Å². The van der Waals surface area contributed by atoms with Crippen LogP contribution < -0.4 is 10.2 Å². The Morgan fingerprint density at radius 1 is 1.07 bits per heavy atom. The fourth-order valence-electron chi connectivity index (χ4n) is 4.70. The molecule has 0 saturated carbocycles. The van der Waals surface area contributed by atoms with Crippen molar-refractivity contribution in [3.05, 3.63) is 64.2 Å². The lowest BCUT2D eigenvalue weighted by Gasteiger charge is -2.40. The van der Waals surface area contributed by atoms with Gasteiger partial charge in [-0.3, -0.25) is 4.90 Å². The molecule has 27 heavy (non-hydrogen) atoms. The molecule has 1 atom stereocenters. The summed E-state index contributed by atoms with van der Waals surface area (Å²) in [6.07, 6.45) is 3.54. The van der Waals surface area contributed by atoms with Crippen LogP contribution in [0.5, 0.6) is 0 Å². The number of nitrogens with zero attached hydrogens (tertiary/aromatic N) is 2. The average molecular weight is 384 g/mol. The number of fused-ring (bicyclic) bond motifs is 1. The lowest BCUT2D eigenvalue weighted by molar-refractivity contribution is 0.106. The van der Waals surface area contributed by atoms with E-state index in [0.717, 1.165) is 37.6 Å². The maximum Gasteiger partial charge on any atom is 0.0410 e. The molecule has 1 N–H and O–H groups in total. The number of likely N-dealkylation sites (N-methyl/N-ethyl adjacent to an activating group) is 1. The number of nitrogens with one attached hydrogen (secondary N) is 1. The first-order chi connectivity index (χ1) is 13.1. The summed E-state index contributed by atoms with van der Waals surface area (Å²) in [5, 5.41) is 4.34. The quantitative estimate of drug-likeness (QED) is 0.854. The molecule has 0 amide bonds. The van der Waals surface area contributed by atoms with Gasteiger partial charge in [0, 0.05) is 42.9 Å². The number of piperidine rings is 1. The van der Waals surface area contributed by atoms with E-state index in [0.29, 0.717) is 12.1 Å². The summed E-state index contributed by atoms with van der Waals surface area (Å²) in [4.78, 5) is 5.24. The second-order valence-corrected chi connectivity index (χ2v) is 8.59. The Hall–Kier alpha value is -1.55. The van der Waals surface area contributed by atoms with Crippen molar-refractivity contribution in [2.75, 3.05) is 31.6 Å². The molecule has 4 rings (SSSR count).